The molecule has 1 aliphatic rings. The van der Waals surface area contributed by atoms with E-state index in [1.165, 1.54) is 16.3 Å². The Balaban J connectivity index is 1.36. The number of pyridine rings is 1. The Labute approximate surface area is 195 Å². The molecule has 4 aromatic rings. The first-order valence-electron chi connectivity index (χ1n) is 11.3. The second kappa shape index (κ2) is 8.62. The smallest absolute Gasteiger partial charge is 0.264 e. The van der Waals surface area contributed by atoms with Crippen LogP contribution in [-0.2, 0) is 17.9 Å². The molecule has 0 aliphatic heterocycles. The lowest BCUT2D eigenvalue weighted by Crippen LogP contribution is -2.20. The van der Waals surface area contributed by atoms with E-state index in [2.05, 4.69) is 26.6 Å². The van der Waals surface area contributed by atoms with Gasteiger partial charge in [-0.15, -0.1) is 0 Å². The third-order valence-corrected chi connectivity index (χ3v) is 6.12. The van der Waals surface area contributed by atoms with Crippen molar-refractivity contribution in [3.63, 3.8) is 0 Å². The maximum absolute atomic E-state index is 13.8. The molecule has 1 aromatic carbocycles. The fraction of sp³-hybridized carbons (Fsp3) is 0.360. The maximum Gasteiger partial charge on any atom is 0.264 e. The number of nitrogens with zero attached hydrogens (tertiary/aromatic N) is 5. The molecule has 1 amide bonds. The van der Waals surface area contributed by atoms with E-state index in [1.807, 2.05) is 36.7 Å². The molecule has 0 saturated heterocycles. The zero-order valence-corrected chi connectivity index (χ0v) is 19.3. The van der Waals surface area contributed by atoms with Crippen LogP contribution in [0.15, 0.2) is 36.4 Å². The number of halogens is 2. The summed E-state index contributed by atoms with van der Waals surface area (Å²) in [6.45, 7) is 6.09. The van der Waals surface area contributed by atoms with Gasteiger partial charge in [0.25, 0.3) is 6.43 Å². The van der Waals surface area contributed by atoms with Crippen molar-refractivity contribution in [2.75, 3.05) is 5.32 Å². The van der Waals surface area contributed by atoms with Gasteiger partial charge in [0.05, 0.1) is 17.6 Å². The van der Waals surface area contributed by atoms with Crippen molar-refractivity contribution in [1.29, 1.82) is 0 Å². The Bertz CT molecular complexity index is 1390. The van der Waals surface area contributed by atoms with Crippen LogP contribution in [0.4, 0.5) is 14.6 Å². The SMILES string of the molecule is Cc1cccc(Cn2nc(NC(=O)Cn3nc(C)c4c(C(F)F)cc(C5CC5)nc43)cc2C)c1. The van der Waals surface area contributed by atoms with E-state index in [0.29, 0.717) is 34.8 Å². The normalized spacial score (nSPS) is 13.7. The lowest BCUT2D eigenvalue weighted by molar-refractivity contribution is -0.116. The van der Waals surface area contributed by atoms with Gasteiger partial charge in [-0.05, 0) is 45.2 Å². The molecule has 34 heavy (non-hydrogen) atoms. The van der Waals surface area contributed by atoms with Crippen molar-refractivity contribution in [2.24, 2.45) is 0 Å². The number of benzene rings is 1. The van der Waals surface area contributed by atoms with E-state index < -0.39 is 6.43 Å². The molecular formula is C25H26F2N6O. The molecule has 1 N–H and O–H groups in total. The summed E-state index contributed by atoms with van der Waals surface area (Å²) in [5.74, 6) is 0.296. The fourth-order valence-electron chi connectivity index (χ4n) is 4.31. The average molecular weight is 465 g/mol. The van der Waals surface area contributed by atoms with E-state index in [0.717, 1.165) is 24.1 Å². The minimum atomic E-state index is -2.63. The number of anilines is 1. The van der Waals surface area contributed by atoms with Gasteiger partial charge in [-0.1, -0.05) is 29.8 Å². The van der Waals surface area contributed by atoms with Crippen molar-refractivity contribution in [3.8, 4) is 0 Å². The van der Waals surface area contributed by atoms with E-state index in [-0.39, 0.29) is 23.9 Å². The van der Waals surface area contributed by atoms with Crippen LogP contribution in [0.1, 0.15) is 59.0 Å². The first-order chi connectivity index (χ1) is 16.3. The molecule has 1 fully saturated rings. The van der Waals surface area contributed by atoms with Crippen LogP contribution in [0.5, 0.6) is 0 Å². The van der Waals surface area contributed by atoms with Crippen LogP contribution in [0.25, 0.3) is 11.0 Å². The van der Waals surface area contributed by atoms with Gasteiger partial charge in [0.15, 0.2) is 11.5 Å². The van der Waals surface area contributed by atoms with Gasteiger partial charge in [-0.25, -0.2) is 18.4 Å². The Morgan fingerprint density at radius 3 is 2.62 bits per heavy atom. The van der Waals surface area contributed by atoms with E-state index in [4.69, 9.17) is 0 Å². The van der Waals surface area contributed by atoms with Crippen molar-refractivity contribution < 1.29 is 13.6 Å². The molecule has 7 nitrogen and oxygen atoms in total. The van der Waals surface area contributed by atoms with Crippen LogP contribution < -0.4 is 5.32 Å². The summed E-state index contributed by atoms with van der Waals surface area (Å²) in [6, 6.07) is 11.5. The highest BCUT2D eigenvalue weighted by molar-refractivity contribution is 5.91. The molecule has 176 valence electrons. The molecule has 1 saturated carbocycles. The van der Waals surface area contributed by atoms with E-state index in [1.54, 1.807) is 13.0 Å². The van der Waals surface area contributed by atoms with Crippen LogP contribution in [0.2, 0.25) is 0 Å². The van der Waals surface area contributed by atoms with Crippen LogP contribution >= 0.6 is 0 Å². The standard InChI is InChI=1S/C25H26F2N6O/c1-14-5-4-6-17(9-14)12-32-15(2)10-21(31-32)29-22(34)13-33-25-23(16(3)30-33)19(24(26)27)11-20(28-25)18-7-8-18/h4-6,9-11,18,24H,7-8,12-13H2,1-3H3,(H,29,31,34). The number of hydrogen-bond acceptors (Lipinski definition) is 4. The summed E-state index contributed by atoms with van der Waals surface area (Å²) in [4.78, 5) is 17.4. The summed E-state index contributed by atoms with van der Waals surface area (Å²) in [6.07, 6.45) is -0.743. The van der Waals surface area contributed by atoms with Gasteiger partial charge in [-0.3, -0.25) is 9.48 Å². The minimum Gasteiger partial charge on any atom is -0.308 e. The number of aromatic nitrogens is 5. The Hall–Kier alpha value is -3.62. The van der Waals surface area contributed by atoms with Gasteiger partial charge in [0.1, 0.15) is 6.54 Å². The average Bonchev–Trinajstić information content (AvgIpc) is 3.51. The predicted molar refractivity (Wildman–Crippen MR) is 125 cm³/mol. The van der Waals surface area contributed by atoms with Gasteiger partial charge in [-0.2, -0.15) is 10.2 Å². The number of aryl methyl sites for hydroxylation is 3. The summed E-state index contributed by atoms with van der Waals surface area (Å²) in [5.41, 5.74) is 4.55. The molecule has 0 atom stereocenters. The van der Waals surface area contributed by atoms with Gasteiger partial charge >= 0.3 is 0 Å². The lowest BCUT2D eigenvalue weighted by atomic mass is 10.1. The number of carbonyl (C=O) groups is 1. The van der Waals surface area contributed by atoms with Crippen molar-refractivity contribution in [1.82, 2.24) is 24.5 Å². The molecule has 9 heteroatoms. The molecular weight excluding hydrogens is 438 g/mol. The third kappa shape index (κ3) is 4.42. The molecule has 0 radical (unpaired) electrons. The largest absolute Gasteiger partial charge is 0.308 e. The van der Waals surface area contributed by atoms with Gasteiger partial charge < -0.3 is 5.32 Å². The summed E-state index contributed by atoms with van der Waals surface area (Å²) < 4.78 is 30.8. The van der Waals surface area contributed by atoms with Gasteiger partial charge in [0.2, 0.25) is 5.91 Å². The quantitative estimate of drug-likeness (QED) is 0.415. The number of amides is 1. The molecule has 0 spiro atoms. The molecule has 0 unspecified atom stereocenters. The highest BCUT2D eigenvalue weighted by atomic mass is 19.3. The zero-order chi connectivity index (χ0) is 24.0. The summed E-state index contributed by atoms with van der Waals surface area (Å²) in [5, 5.41) is 12.0. The number of fused-ring (bicyclic) bond motifs is 1. The summed E-state index contributed by atoms with van der Waals surface area (Å²) in [7, 11) is 0. The highest BCUT2D eigenvalue weighted by Gasteiger charge is 2.29. The summed E-state index contributed by atoms with van der Waals surface area (Å²) >= 11 is 0. The van der Waals surface area contributed by atoms with Crippen LogP contribution in [0.3, 0.4) is 0 Å². The minimum absolute atomic E-state index is 0.0680. The lowest BCUT2D eigenvalue weighted by Gasteiger charge is -2.08. The predicted octanol–water partition coefficient (Wildman–Crippen LogP) is 5.06. The number of carbonyl (C=O) groups excluding carboxylic acids is 1. The molecule has 5 rings (SSSR count). The van der Waals surface area contributed by atoms with Gasteiger partial charge in [0, 0.05) is 28.9 Å². The number of rotatable bonds is 7. The number of hydrogen-bond donors (Lipinski definition) is 1. The third-order valence-electron chi connectivity index (χ3n) is 6.12. The zero-order valence-electron chi connectivity index (χ0n) is 19.3. The van der Waals surface area contributed by atoms with Crippen molar-refractivity contribution in [3.05, 3.63) is 70.2 Å². The molecule has 1 aliphatic carbocycles. The second-order valence-corrected chi connectivity index (χ2v) is 9.02. The van der Waals surface area contributed by atoms with E-state index in [9.17, 15) is 13.6 Å². The molecule has 3 heterocycles. The molecule has 3 aromatic heterocycles. The monoisotopic (exact) mass is 464 g/mol. The Morgan fingerprint density at radius 1 is 1.12 bits per heavy atom. The molecule has 0 bridgehead atoms. The number of alkyl halides is 2. The van der Waals surface area contributed by atoms with Crippen LogP contribution in [0, 0.1) is 20.8 Å². The Morgan fingerprint density at radius 2 is 1.91 bits per heavy atom. The topological polar surface area (TPSA) is 77.6 Å². The van der Waals surface area contributed by atoms with Crippen molar-refractivity contribution in [2.45, 2.75) is 59.0 Å². The fourth-order valence-corrected chi connectivity index (χ4v) is 4.31. The van der Waals surface area contributed by atoms with Crippen molar-refractivity contribution >= 4 is 22.8 Å². The number of nitrogens with one attached hydrogen (secondary N) is 1. The highest BCUT2D eigenvalue weighted by Crippen LogP contribution is 2.41. The van der Waals surface area contributed by atoms with Crippen LogP contribution in [-0.4, -0.2) is 30.5 Å². The first kappa shape index (κ1) is 22.2. The Kier molecular flexibility index (Phi) is 5.63. The van der Waals surface area contributed by atoms with E-state index >= 15 is 0 Å². The second-order valence-electron chi connectivity index (χ2n) is 9.02. The first-order valence-corrected chi connectivity index (χ1v) is 11.3. The maximum atomic E-state index is 13.8.